The highest BCUT2D eigenvalue weighted by Crippen LogP contribution is 2.27. The van der Waals surface area contributed by atoms with Crippen LogP contribution in [0.4, 0.5) is 0 Å². The highest BCUT2D eigenvalue weighted by Gasteiger charge is 2.06. The molecule has 0 saturated carbocycles. The fourth-order valence-electron chi connectivity index (χ4n) is 2.13. The summed E-state index contributed by atoms with van der Waals surface area (Å²) in [5.41, 5.74) is 3.21. The summed E-state index contributed by atoms with van der Waals surface area (Å²) in [6.07, 6.45) is -0.418. The van der Waals surface area contributed by atoms with Crippen LogP contribution >= 0.6 is 0 Å². The Hall–Kier alpha value is -1.80. The van der Waals surface area contributed by atoms with Gasteiger partial charge in [-0.15, -0.1) is 0 Å². The van der Waals surface area contributed by atoms with E-state index in [-0.39, 0.29) is 0 Å². The minimum Gasteiger partial charge on any atom is -0.389 e. The smallest absolute Gasteiger partial charge is 0.0762 e. The summed E-state index contributed by atoms with van der Waals surface area (Å²) >= 11 is 0. The lowest BCUT2D eigenvalue weighted by Gasteiger charge is -2.03. The molecule has 0 aliphatic heterocycles. The van der Waals surface area contributed by atoms with E-state index in [1.807, 2.05) is 24.3 Å². The second-order valence-corrected chi connectivity index (χ2v) is 4.15. The van der Waals surface area contributed by atoms with Gasteiger partial charge in [0.25, 0.3) is 0 Å². The fraction of sp³-hybridized carbons (Fsp3) is 0.143. The van der Waals surface area contributed by atoms with Gasteiger partial charge in [-0.2, -0.15) is 0 Å². The molecule has 3 rings (SSSR count). The zero-order valence-electron chi connectivity index (χ0n) is 9.07. The van der Waals surface area contributed by atoms with Gasteiger partial charge in [-0.25, -0.2) is 0 Å². The molecule has 80 valence electrons. The largest absolute Gasteiger partial charge is 0.389 e. The number of nitrogens with one attached hydrogen (secondary N) is 1. The maximum atomic E-state index is 9.58. The number of para-hydroxylation sites is 1. The van der Waals surface area contributed by atoms with Crippen molar-refractivity contribution in [3.63, 3.8) is 0 Å². The van der Waals surface area contributed by atoms with Crippen LogP contribution in [-0.4, -0.2) is 10.1 Å². The maximum Gasteiger partial charge on any atom is 0.0762 e. The van der Waals surface area contributed by atoms with Crippen LogP contribution in [0.1, 0.15) is 18.6 Å². The molecule has 0 saturated heterocycles. The summed E-state index contributed by atoms with van der Waals surface area (Å²) in [5.74, 6) is 0. The van der Waals surface area contributed by atoms with Crippen molar-refractivity contribution in [3.05, 3.63) is 48.0 Å². The molecule has 2 N–H and O–H groups in total. The molecule has 0 unspecified atom stereocenters. The molecular formula is C14H13NO. The van der Waals surface area contributed by atoms with Crippen molar-refractivity contribution in [1.82, 2.24) is 4.98 Å². The molecule has 0 aliphatic carbocycles. The summed E-state index contributed by atoms with van der Waals surface area (Å²) in [6.45, 7) is 1.79. The quantitative estimate of drug-likeness (QED) is 0.636. The standard InChI is InChI=1S/C14H13NO/c1-9(16)10-6-7-14-12(8-10)11-4-2-3-5-13(11)15-14/h2-9,15-16H,1H3/t9-/m0/s1. The van der Waals surface area contributed by atoms with Gasteiger partial charge >= 0.3 is 0 Å². The van der Waals surface area contributed by atoms with Crippen molar-refractivity contribution in [2.45, 2.75) is 13.0 Å². The predicted octanol–water partition coefficient (Wildman–Crippen LogP) is 3.37. The third kappa shape index (κ3) is 1.31. The van der Waals surface area contributed by atoms with Crippen LogP contribution in [0.5, 0.6) is 0 Å². The third-order valence-electron chi connectivity index (χ3n) is 3.01. The van der Waals surface area contributed by atoms with E-state index in [1.165, 1.54) is 10.8 Å². The number of aromatic amines is 1. The molecular weight excluding hydrogens is 198 g/mol. The highest BCUT2D eigenvalue weighted by molar-refractivity contribution is 6.07. The maximum absolute atomic E-state index is 9.58. The molecule has 0 aliphatic rings. The molecule has 0 fully saturated rings. The first-order valence-electron chi connectivity index (χ1n) is 5.44. The van der Waals surface area contributed by atoms with Gasteiger partial charge in [0.05, 0.1) is 6.10 Å². The van der Waals surface area contributed by atoms with Crippen LogP contribution in [0.15, 0.2) is 42.5 Å². The molecule has 0 radical (unpaired) electrons. The van der Waals surface area contributed by atoms with Gasteiger partial charge in [-0.05, 0) is 30.7 Å². The molecule has 0 bridgehead atoms. The summed E-state index contributed by atoms with van der Waals surface area (Å²) in [5, 5.41) is 12.0. The molecule has 3 aromatic rings. The Bertz CT molecular complexity index is 652. The van der Waals surface area contributed by atoms with Gasteiger partial charge in [0.15, 0.2) is 0 Å². The number of rotatable bonds is 1. The van der Waals surface area contributed by atoms with Crippen molar-refractivity contribution in [2.24, 2.45) is 0 Å². The first-order valence-corrected chi connectivity index (χ1v) is 5.44. The summed E-state index contributed by atoms with van der Waals surface area (Å²) in [6, 6.07) is 14.3. The molecule has 1 aromatic heterocycles. The van der Waals surface area contributed by atoms with E-state index in [4.69, 9.17) is 0 Å². The molecule has 2 nitrogen and oxygen atoms in total. The van der Waals surface area contributed by atoms with Crippen molar-refractivity contribution >= 4 is 21.8 Å². The van der Waals surface area contributed by atoms with Gasteiger partial charge in [-0.3, -0.25) is 0 Å². The van der Waals surface area contributed by atoms with Gasteiger partial charge in [-0.1, -0.05) is 24.3 Å². The fourth-order valence-corrected chi connectivity index (χ4v) is 2.13. The lowest BCUT2D eigenvalue weighted by molar-refractivity contribution is 0.199. The number of benzene rings is 2. The Labute approximate surface area is 93.5 Å². The van der Waals surface area contributed by atoms with Crippen LogP contribution in [0.3, 0.4) is 0 Å². The SMILES string of the molecule is C[C@H](O)c1ccc2[nH]c3ccccc3c2c1. The Morgan fingerprint density at radius 1 is 1.00 bits per heavy atom. The van der Waals surface area contributed by atoms with E-state index in [1.54, 1.807) is 6.92 Å². The van der Waals surface area contributed by atoms with Gasteiger partial charge < -0.3 is 10.1 Å². The van der Waals surface area contributed by atoms with E-state index in [0.29, 0.717) is 0 Å². The first-order chi connectivity index (χ1) is 7.75. The topological polar surface area (TPSA) is 36.0 Å². The van der Waals surface area contributed by atoms with Crippen LogP contribution in [0.2, 0.25) is 0 Å². The molecule has 1 heterocycles. The summed E-state index contributed by atoms with van der Waals surface area (Å²) in [7, 11) is 0. The number of aliphatic hydroxyl groups excluding tert-OH is 1. The van der Waals surface area contributed by atoms with Gasteiger partial charge in [0, 0.05) is 21.8 Å². The van der Waals surface area contributed by atoms with E-state index < -0.39 is 6.10 Å². The Morgan fingerprint density at radius 3 is 2.56 bits per heavy atom. The van der Waals surface area contributed by atoms with Crippen LogP contribution in [0, 0.1) is 0 Å². The van der Waals surface area contributed by atoms with Crippen LogP contribution in [-0.2, 0) is 0 Å². The molecule has 1 atom stereocenters. The third-order valence-corrected chi connectivity index (χ3v) is 3.01. The lowest BCUT2D eigenvalue weighted by Crippen LogP contribution is -1.89. The Morgan fingerprint density at radius 2 is 1.75 bits per heavy atom. The van der Waals surface area contributed by atoms with E-state index in [2.05, 4.69) is 23.2 Å². The van der Waals surface area contributed by atoms with Gasteiger partial charge in [0.2, 0.25) is 0 Å². The Balaban J connectivity index is 2.40. The predicted molar refractivity (Wildman–Crippen MR) is 66.4 cm³/mol. The van der Waals surface area contributed by atoms with Crippen LogP contribution in [0.25, 0.3) is 21.8 Å². The zero-order valence-corrected chi connectivity index (χ0v) is 9.07. The molecule has 16 heavy (non-hydrogen) atoms. The van der Waals surface area contributed by atoms with Crippen molar-refractivity contribution < 1.29 is 5.11 Å². The average Bonchev–Trinajstić information content (AvgIpc) is 2.66. The zero-order chi connectivity index (χ0) is 11.1. The first kappa shape index (κ1) is 9.43. The van der Waals surface area contributed by atoms with E-state index in [0.717, 1.165) is 16.6 Å². The monoisotopic (exact) mass is 211 g/mol. The number of hydrogen-bond acceptors (Lipinski definition) is 1. The highest BCUT2D eigenvalue weighted by atomic mass is 16.3. The van der Waals surface area contributed by atoms with Crippen molar-refractivity contribution in [3.8, 4) is 0 Å². The number of hydrogen-bond donors (Lipinski definition) is 2. The van der Waals surface area contributed by atoms with Crippen molar-refractivity contribution in [1.29, 1.82) is 0 Å². The summed E-state index contributed by atoms with van der Waals surface area (Å²) in [4.78, 5) is 3.36. The molecule has 0 spiro atoms. The molecule has 2 heteroatoms. The minimum atomic E-state index is -0.418. The van der Waals surface area contributed by atoms with Crippen LogP contribution < -0.4 is 0 Å². The second kappa shape index (κ2) is 3.35. The van der Waals surface area contributed by atoms with Gasteiger partial charge in [0.1, 0.15) is 0 Å². The average molecular weight is 211 g/mol. The normalized spacial score (nSPS) is 13.4. The summed E-state index contributed by atoms with van der Waals surface area (Å²) < 4.78 is 0. The molecule has 0 amide bonds. The van der Waals surface area contributed by atoms with E-state index in [9.17, 15) is 5.11 Å². The number of aromatic nitrogens is 1. The van der Waals surface area contributed by atoms with Crippen molar-refractivity contribution in [2.75, 3.05) is 0 Å². The Kier molecular flexibility index (Phi) is 1.98. The number of fused-ring (bicyclic) bond motifs is 3. The minimum absolute atomic E-state index is 0.418. The number of aliphatic hydroxyl groups is 1. The van der Waals surface area contributed by atoms with E-state index >= 15 is 0 Å². The second-order valence-electron chi connectivity index (χ2n) is 4.15. The number of H-pyrrole nitrogens is 1. The lowest BCUT2D eigenvalue weighted by atomic mass is 10.1. The molecule has 2 aromatic carbocycles.